The molecule has 3 nitrogen and oxygen atoms in total. The van der Waals surface area contributed by atoms with Crippen LogP contribution in [0.5, 0.6) is 5.75 Å². The summed E-state index contributed by atoms with van der Waals surface area (Å²) >= 11 is 0. The van der Waals surface area contributed by atoms with Gasteiger partial charge in [0, 0.05) is 24.2 Å². The first-order valence-corrected chi connectivity index (χ1v) is 5.96. The second-order valence-electron chi connectivity index (χ2n) is 4.73. The van der Waals surface area contributed by atoms with Crippen molar-refractivity contribution in [3.63, 3.8) is 0 Å². The minimum Gasteiger partial charge on any atom is -0.496 e. The lowest BCUT2D eigenvalue weighted by molar-refractivity contribution is 0.194. The monoisotopic (exact) mass is 218 g/mol. The molecule has 0 spiro atoms. The zero-order valence-corrected chi connectivity index (χ0v) is 9.65. The van der Waals surface area contributed by atoms with Gasteiger partial charge in [0.05, 0.1) is 7.11 Å². The molecular formula is C13H18N2O. The molecule has 0 bridgehead atoms. The van der Waals surface area contributed by atoms with Crippen LogP contribution in [-0.4, -0.2) is 24.6 Å². The average Bonchev–Trinajstić information content (AvgIpc) is 2.77. The lowest BCUT2D eigenvalue weighted by Gasteiger charge is -2.36. The number of rotatable bonds is 1. The fraction of sp³-hybridized carbons (Fsp3) is 0.538. The third kappa shape index (κ3) is 1.35. The molecule has 3 rings (SSSR count). The quantitative estimate of drug-likeness (QED) is 0.779. The summed E-state index contributed by atoms with van der Waals surface area (Å²) in [5, 5.41) is 0. The third-order valence-corrected chi connectivity index (χ3v) is 3.94. The number of nitrogens with zero attached hydrogens (tertiary/aromatic N) is 1. The normalized spacial score (nSPS) is 28.6. The first-order chi connectivity index (χ1) is 7.81. The van der Waals surface area contributed by atoms with Crippen molar-refractivity contribution >= 4 is 0 Å². The molecule has 3 heteroatoms. The lowest BCUT2D eigenvalue weighted by atomic mass is 9.89. The van der Waals surface area contributed by atoms with Crippen molar-refractivity contribution < 1.29 is 4.74 Å². The van der Waals surface area contributed by atoms with Gasteiger partial charge >= 0.3 is 0 Å². The highest BCUT2D eigenvalue weighted by Gasteiger charge is 2.36. The van der Waals surface area contributed by atoms with E-state index in [-0.39, 0.29) is 6.04 Å². The van der Waals surface area contributed by atoms with Gasteiger partial charge in [0.1, 0.15) is 5.75 Å². The van der Waals surface area contributed by atoms with Crippen LogP contribution in [-0.2, 0) is 6.54 Å². The number of hydrogen-bond acceptors (Lipinski definition) is 3. The molecule has 0 aromatic heterocycles. The highest BCUT2D eigenvalue weighted by Crippen LogP contribution is 2.39. The predicted molar refractivity (Wildman–Crippen MR) is 63.4 cm³/mol. The van der Waals surface area contributed by atoms with Gasteiger partial charge in [-0.1, -0.05) is 12.1 Å². The molecule has 0 saturated carbocycles. The van der Waals surface area contributed by atoms with Gasteiger partial charge in [-0.25, -0.2) is 0 Å². The Morgan fingerprint density at radius 2 is 2.31 bits per heavy atom. The zero-order chi connectivity index (χ0) is 11.1. The number of methoxy groups -OCH3 is 1. The molecule has 0 radical (unpaired) electrons. The van der Waals surface area contributed by atoms with Crippen LogP contribution in [0.25, 0.3) is 0 Å². The van der Waals surface area contributed by atoms with Gasteiger partial charge < -0.3 is 10.5 Å². The van der Waals surface area contributed by atoms with Crippen molar-refractivity contribution in [2.45, 2.75) is 31.5 Å². The smallest absolute Gasteiger partial charge is 0.123 e. The van der Waals surface area contributed by atoms with Crippen LogP contribution in [0.15, 0.2) is 18.2 Å². The molecule has 0 aliphatic carbocycles. The molecule has 2 aliphatic rings. The number of fused-ring (bicyclic) bond motifs is 2. The highest BCUT2D eigenvalue weighted by atomic mass is 16.5. The molecule has 2 heterocycles. The second-order valence-corrected chi connectivity index (χ2v) is 4.73. The van der Waals surface area contributed by atoms with Crippen LogP contribution in [0.2, 0.25) is 0 Å². The number of benzene rings is 1. The van der Waals surface area contributed by atoms with E-state index < -0.39 is 0 Å². The summed E-state index contributed by atoms with van der Waals surface area (Å²) in [6, 6.07) is 6.92. The Bertz CT molecular complexity index is 405. The van der Waals surface area contributed by atoms with E-state index in [4.69, 9.17) is 10.5 Å². The average molecular weight is 218 g/mol. The zero-order valence-electron chi connectivity index (χ0n) is 9.65. The summed E-state index contributed by atoms with van der Waals surface area (Å²) in [7, 11) is 1.73. The van der Waals surface area contributed by atoms with E-state index in [2.05, 4.69) is 11.0 Å². The Labute approximate surface area is 96.2 Å². The lowest BCUT2D eigenvalue weighted by Crippen LogP contribution is -2.42. The number of ether oxygens (including phenoxy) is 1. The van der Waals surface area contributed by atoms with Crippen LogP contribution in [0.1, 0.15) is 30.0 Å². The number of nitrogens with two attached hydrogens (primary N) is 1. The van der Waals surface area contributed by atoms with E-state index in [1.165, 1.54) is 30.5 Å². The predicted octanol–water partition coefficient (Wildman–Crippen LogP) is 1.67. The molecule has 1 unspecified atom stereocenters. The molecule has 16 heavy (non-hydrogen) atoms. The van der Waals surface area contributed by atoms with Crippen LogP contribution in [0.3, 0.4) is 0 Å². The topological polar surface area (TPSA) is 38.5 Å². The molecule has 1 aromatic carbocycles. The minimum atomic E-state index is 0.154. The molecule has 1 saturated heterocycles. The Balaban J connectivity index is 2.06. The Morgan fingerprint density at radius 3 is 3.12 bits per heavy atom. The maximum atomic E-state index is 6.36. The van der Waals surface area contributed by atoms with Crippen molar-refractivity contribution in [2.24, 2.45) is 5.73 Å². The molecule has 2 atom stereocenters. The molecule has 1 fully saturated rings. The van der Waals surface area contributed by atoms with Gasteiger partial charge in [-0.2, -0.15) is 0 Å². The summed E-state index contributed by atoms with van der Waals surface area (Å²) in [6.45, 7) is 2.17. The van der Waals surface area contributed by atoms with Crippen molar-refractivity contribution in [1.29, 1.82) is 0 Å². The SMILES string of the molecule is COc1cccc2c1CN1CCC[C@H]1C2N. The van der Waals surface area contributed by atoms with E-state index >= 15 is 0 Å². The maximum Gasteiger partial charge on any atom is 0.123 e. The van der Waals surface area contributed by atoms with Gasteiger partial charge in [0.2, 0.25) is 0 Å². The van der Waals surface area contributed by atoms with Crippen LogP contribution >= 0.6 is 0 Å². The number of hydrogen-bond donors (Lipinski definition) is 1. The Kier molecular flexibility index (Phi) is 2.37. The second kappa shape index (κ2) is 3.75. The summed E-state index contributed by atoms with van der Waals surface area (Å²) in [4.78, 5) is 2.50. The summed E-state index contributed by atoms with van der Waals surface area (Å²) in [6.07, 6.45) is 2.51. The summed E-state index contributed by atoms with van der Waals surface area (Å²) < 4.78 is 5.43. The largest absolute Gasteiger partial charge is 0.496 e. The van der Waals surface area contributed by atoms with Gasteiger partial charge in [0.25, 0.3) is 0 Å². The van der Waals surface area contributed by atoms with Crippen molar-refractivity contribution in [2.75, 3.05) is 13.7 Å². The summed E-state index contributed by atoms with van der Waals surface area (Å²) in [5.41, 5.74) is 8.93. The van der Waals surface area contributed by atoms with Crippen molar-refractivity contribution in [3.05, 3.63) is 29.3 Å². The van der Waals surface area contributed by atoms with E-state index in [0.717, 1.165) is 12.3 Å². The maximum absolute atomic E-state index is 6.36. The van der Waals surface area contributed by atoms with Crippen LogP contribution in [0.4, 0.5) is 0 Å². The first kappa shape index (κ1) is 10.1. The Hall–Kier alpha value is -1.06. The third-order valence-electron chi connectivity index (χ3n) is 3.94. The van der Waals surface area contributed by atoms with E-state index in [1.54, 1.807) is 7.11 Å². The van der Waals surface area contributed by atoms with Gasteiger partial charge in [-0.3, -0.25) is 4.90 Å². The highest BCUT2D eigenvalue weighted by molar-refractivity contribution is 5.44. The molecule has 1 aromatic rings. The minimum absolute atomic E-state index is 0.154. The van der Waals surface area contributed by atoms with Gasteiger partial charge in [-0.05, 0) is 31.0 Å². The van der Waals surface area contributed by atoms with E-state index in [0.29, 0.717) is 6.04 Å². The standard InChI is InChI=1S/C13H18N2O/c1-16-12-6-2-4-9-10(12)8-15-7-3-5-11(15)13(9)14/h2,4,6,11,13H,3,5,7-8,14H2,1H3/t11-,13?/m0/s1. The van der Waals surface area contributed by atoms with Crippen molar-refractivity contribution in [1.82, 2.24) is 4.90 Å². The van der Waals surface area contributed by atoms with E-state index in [1.807, 2.05) is 12.1 Å². The van der Waals surface area contributed by atoms with E-state index in [9.17, 15) is 0 Å². The van der Waals surface area contributed by atoms with Crippen LogP contribution in [0, 0.1) is 0 Å². The molecule has 86 valence electrons. The molecule has 0 amide bonds. The molecule has 2 N–H and O–H groups in total. The molecule has 2 aliphatic heterocycles. The van der Waals surface area contributed by atoms with Gasteiger partial charge in [-0.15, -0.1) is 0 Å². The summed E-state index contributed by atoms with van der Waals surface area (Å²) in [5.74, 6) is 0.985. The Morgan fingerprint density at radius 1 is 1.44 bits per heavy atom. The first-order valence-electron chi connectivity index (χ1n) is 5.96. The van der Waals surface area contributed by atoms with Gasteiger partial charge in [0.15, 0.2) is 0 Å². The van der Waals surface area contributed by atoms with Crippen LogP contribution < -0.4 is 10.5 Å². The fourth-order valence-corrected chi connectivity index (χ4v) is 3.12. The van der Waals surface area contributed by atoms with Crippen molar-refractivity contribution in [3.8, 4) is 5.75 Å². The molecular weight excluding hydrogens is 200 g/mol. The fourth-order valence-electron chi connectivity index (χ4n) is 3.12.